The van der Waals surface area contributed by atoms with Gasteiger partial charge < -0.3 is 4.90 Å². The van der Waals surface area contributed by atoms with E-state index in [4.69, 9.17) is 0 Å². The molecule has 2 nitrogen and oxygen atoms in total. The maximum absolute atomic E-state index is 12.2. The molecule has 0 saturated carbocycles. The molecule has 3 atom stereocenters. The van der Waals surface area contributed by atoms with Crippen molar-refractivity contribution in [3.05, 3.63) is 12.7 Å². The number of fused-ring (bicyclic) bond motifs is 1. The first-order chi connectivity index (χ1) is 7.93. The summed E-state index contributed by atoms with van der Waals surface area (Å²) in [5.41, 5.74) is 0.322. The number of amides is 1. The molecule has 0 N–H and O–H groups in total. The number of carbonyl (C=O) groups is 1. The van der Waals surface area contributed by atoms with E-state index in [1.54, 1.807) is 0 Å². The molecule has 17 heavy (non-hydrogen) atoms. The van der Waals surface area contributed by atoms with Gasteiger partial charge in [0.05, 0.1) is 6.04 Å². The largest absolute Gasteiger partial charge is 0.333 e. The SMILES string of the molecule is C=C[C@@H]1CC[C@H]2C[C@@H](C(C)(C)C)CCC(=O)N21. The summed E-state index contributed by atoms with van der Waals surface area (Å²) in [6.45, 7) is 10.8. The maximum atomic E-state index is 12.2. The van der Waals surface area contributed by atoms with Crippen LogP contribution in [-0.2, 0) is 4.79 Å². The summed E-state index contributed by atoms with van der Waals surface area (Å²) in [6.07, 6.45) is 7.18. The van der Waals surface area contributed by atoms with E-state index in [0.29, 0.717) is 29.3 Å². The van der Waals surface area contributed by atoms with Gasteiger partial charge in [0.1, 0.15) is 0 Å². The third kappa shape index (κ3) is 2.41. The van der Waals surface area contributed by atoms with Gasteiger partial charge in [-0.2, -0.15) is 0 Å². The van der Waals surface area contributed by atoms with E-state index in [9.17, 15) is 4.79 Å². The van der Waals surface area contributed by atoms with Crippen LogP contribution in [0.2, 0.25) is 0 Å². The predicted octanol–water partition coefficient (Wildman–Crippen LogP) is 3.38. The second kappa shape index (κ2) is 4.47. The van der Waals surface area contributed by atoms with E-state index in [2.05, 4.69) is 32.3 Å². The number of rotatable bonds is 1. The zero-order valence-electron chi connectivity index (χ0n) is 11.4. The Hall–Kier alpha value is -0.790. The van der Waals surface area contributed by atoms with Crippen molar-refractivity contribution >= 4 is 5.91 Å². The van der Waals surface area contributed by atoms with E-state index < -0.39 is 0 Å². The summed E-state index contributed by atoms with van der Waals surface area (Å²) in [5, 5.41) is 0. The van der Waals surface area contributed by atoms with Gasteiger partial charge in [0.2, 0.25) is 5.91 Å². The Morgan fingerprint density at radius 2 is 2.00 bits per heavy atom. The molecule has 1 amide bonds. The lowest BCUT2D eigenvalue weighted by molar-refractivity contribution is -0.132. The number of nitrogens with zero attached hydrogens (tertiary/aromatic N) is 1. The molecular formula is C15H25NO. The van der Waals surface area contributed by atoms with Gasteiger partial charge in [-0.05, 0) is 37.0 Å². The standard InChI is InChI=1S/C15H25NO/c1-5-12-7-8-13-10-11(15(2,3)4)6-9-14(17)16(12)13/h5,11-13H,1,6-10H2,2-4H3/t11-,12+,13-/m0/s1. The van der Waals surface area contributed by atoms with Crippen LogP contribution in [0, 0.1) is 11.3 Å². The Balaban J connectivity index is 2.17. The van der Waals surface area contributed by atoms with Crippen LogP contribution >= 0.6 is 0 Å². The third-order valence-corrected chi connectivity index (χ3v) is 4.59. The quantitative estimate of drug-likeness (QED) is 0.638. The van der Waals surface area contributed by atoms with E-state index >= 15 is 0 Å². The summed E-state index contributed by atoms with van der Waals surface area (Å²) in [6, 6.07) is 0.767. The van der Waals surface area contributed by atoms with Crippen LogP contribution in [0.25, 0.3) is 0 Å². The van der Waals surface area contributed by atoms with Crippen molar-refractivity contribution in [3.8, 4) is 0 Å². The summed E-state index contributed by atoms with van der Waals surface area (Å²) >= 11 is 0. The monoisotopic (exact) mass is 235 g/mol. The molecule has 2 aliphatic heterocycles. The molecule has 2 aliphatic rings. The van der Waals surface area contributed by atoms with Crippen LogP contribution < -0.4 is 0 Å². The minimum absolute atomic E-state index is 0.297. The number of carbonyl (C=O) groups excluding carboxylic acids is 1. The molecule has 2 heteroatoms. The lowest BCUT2D eigenvalue weighted by Crippen LogP contribution is -2.39. The lowest BCUT2D eigenvalue weighted by Gasteiger charge is -2.32. The van der Waals surface area contributed by atoms with Crippen molar-refractivity contribution in [1.82, 2.24) is 4.90 Å². The summed E-state index contributed by atoms with van der Waals surface area (Å²) < 4.78 is 0. The van der Waals surface area contributed by atoms with Crippen LogP contribution in [-0.4, -0.2) is 22.9 Å². The van der Waals surface area contributed by atoms with Crippen molar-refractivity contribution < 1.29 is 4.79 Å². The smallest absolute Gasteiger partial charge is 0.223 e. The average Bonchev–Trinajstić information content (AvgIpc) is 2.57. The first-order valence-corrected chi connectivity index (χ1v) is 6.87. The minimum Gasteiger partial charge on any atom is -0.333 e. The lowest BCUT2D eigenvalue weighted by atomic mass is 9.75. The molecule has 0 unspecified atom stereocenters. The molecule has 2 heterocycles. The van der Waals surface area contributed by atoms with Crippen LogP contribution in [0.5, 0.6) is 0 Å². The summed E-state index contributed by atoms with van der Waals surface area (Å²) in [7, 11) is 0. The highest BCUT2D eigenvalue weighted by Crippen LogP contribution is 2.41. The first kappa shape index (κ1) is 12.7. The van der Waals surface area contributed by atoms with Crippen molar-refractivity contribution in [2.75, 3.05) is 0 Å². The average molecular weight is 235 g/mol. The minimum atomic E-state index is 0.297. The third-order valence-electron chi connectivity index (χ3n) is 4.59. The number of hydrogen-bond donors (Lipinski definition) is 0. The van der Waals surface area contributed by atoms with Crippen molar-refractivity contribution in [2.24, 2.45) is 11.3 Å². The molecule has 0 aromatic rings. The van der Waals surface area contributed by atoms with E-state index in [1.807, 2.05) is 6.08 Å². The fourth-order valence-corrected chi connectivity index (χ4v) is 3.42. The van der Waals surface area contributed by atoms with Gasteiger partial charge in [-0.25, -0.2) is 0 Å². The van der Waals surface area contributed by atoms with Gasteiger partial charge in [-0.3, -0.25) is 4.79 Å². The van der Waals surface area contributed by atoms with Crippen molar-refractivity contribution in [3.63, 3.8) is 0 Å². The molecule has 0 radical (unpaired) electrons. The molecule has 96 valence electrons. The van der Waals surface area contributed by atoms with Crippen molar-refractivity contribution in [1.29, 1.82) is 0 Å². The highest BCUT2D eigenvalue weighted by atomic mass is 16.2. The molecule has 2 fully saturated rings. The maximum Gasteiger partial charge on any atom is 0.223 e. The molecule has 0 aromatic carbocycles. The summed E-state index contributed by atoms with van der Waals surface area (Å²) in [5.74, 6) is 1.02. The topological polar surface area (TPSA) is 20.3 Å². The van der Waals surface area contributed by atoms with Crippen LogP contribution in [0.15, 0.2) is 12.7 Å². The highest BCUT2D eigenvalue weighted by molar-refractivity contribution is 5.77. The van der Waals surface area contributed by atoms with Gasteiger partial charge in [0, 0.05) is 12.5 Å². The van der Waals surface area contributed by atoms with Crippen LogP contribution in [0.1, 0.15) is 52.9 Å². The Bertz CT molecular complexity index is 315. The fourth-order valence-electron chi connectivity index (χ4n) is 3.42. The van der Waals surface area contributed by atoms with E-state index in [1.165, 1.54) is 6.42 Å². The molecule has 0 aliphatic carbocycles. The Morgan fingerprint density at radius 1 is 1.29 bits per heavy atom. The zero-order valence-corrected chi connectivity index (χ0v) is 11.4. The second-order valence-corrected chi connectivity index (χ2v) is 6.67. The molecule has 0 spiro atoms. The summed E-state index contributed by atoms with van der Waals surface area (Å²) in [4.78, 5) is 14.3. The second-order valence-electron chi connectivity index (χ2n) is 6.67. The van der Waals surface area contributed by atoms with Gasteiger partial charge in [0.15, 0.2) is 0 Å². The van der Waals surface area contributed by atoms with E-state index in [-0.39, 0.29) is 0 Å². The van der Waals surface area contributed by atoms with Gasteiger partial charge in [-0.15, -0.1) is 6.58 Å². The molecule has 2 rings (SSSR count). The molecule has 0 aromatic heterocycles. The van der Waals surface area contributed by atoms with Gasteiger partial charge in [-0.1, -0.05) is 26.8 Å². The molecule has 0 bridgehead atoms. The molecular weight excluding hydrogens is 210 g/mol. The highest BCUT2D eigenvalue weighted by Gasteiger charge is 2.41. The van der Waals surface area contributed by atoms with Gasteiger partial charge in [0.25, 0.3) is 0 Å². The van der Waals surface area contributed by atoms with Gasteiger partial charge >= 0.3 is 0 Å². The zero-order chi connectivity index (χ0) is 12.6. The van der Waals surface area contributed by atoms with Crippen LogP contribution in [0.4, 0.5) is 0 Å². The fraction of sp³-hybridized carbons (Fsp3) is 0.800. The van der Waals surface area contributed by atoms with Crippen LogP contribution in [0.3, 0.4) is 0 Å². The normalized spacial score (nSPS) is 34.4. The van der Waals surface area contributed by atoms with Crippen molar-refractivity contribution in [2.45, 2.75) is 65.0 Å². The Kier molecular flexibility index (Phi) is 3.33. The molecule has 2 saturated heterocycles. The van der Waals surface area contributed by atoms with E-state index in [0.717, 1.165) is 25.7 Å². The first-order valence-electron chi connectivity index (χ1n) is 6.87. The Morgan fingerprint density at radius 3 is 2.59 bits per heavy atom. The number of hydrogen-bond acceptors (Lipinski definition) is 1. The Labute approximate surface area is 105 Å². The predicted molar refractivity (Wildman–Crippen MR) is 70.6 cm³/mol.